The van der Waals surface area contributed by atoms with Crippen LogP contribution in [0.25, 0.3) is 0 Å². The van der Waals surface area contributed by atoms with Crippen LogP contribution in [0.2, 0.25) is 0 Å². The average Bonchev–Trinajstić information content (AvgIpc) is 3.10. The van der Waals surface area contributed by atoms with E-state index in [1.54, 1.807) is 4.68 Å². The fourth-order valence-corrected chi connectivity index (χ4v) is 3.74. The topological polar surface area (TPSA) is 85.2 Å². The molecule has 0 bridgehead atoms. The van der Waals surface area contributed by atoms with E-state index in [0.717, 1.165) is 61.9 Å². The maximum absolute atomic E-state index is 12.7. The number of hydrogen-bond donors (Lipinski definition) is 1. The molecule has 2 aromatic rings. The third kappa shape index (κ3) is 3.87. The normalized spacial score (nSPS) is 17.6. The van der Waals surface area contributed by atoms with Gasteiger partial charge >= 0.3 is 0 Å². The lowest BCUT2D eigenvalue weighted by Gasteiger charge is -2.32. The molecule has 2 aromatic heterocycles. The van der Waals surface area contributed by atoms with Crippen molar-refractivity contribution in [2.75, 3.05) is 24.6 Å². The van der Waals surface area contributed by atoms with Crippen molar-refractivity contribution in [2.45, 2.75) is 51.7 Å². The van der Waals surface area contributed by atoms with Gasteiger partial charge in [-0.15, -0.1) is 0 Å². The summed E-state index contributed by atoms with van der Waals surface area (Å²) in [7, 11) is 1.82. The van der Waals surface area contributed by atoms with Gasteiger partial charge in [-0.1, -0.05) is 13.8 Å². The summed E-state index contributed by atoms with van der Waals surface area (Å²) in [5.74, 6) is 1.04. The minimum atomic E-state index is -0.0506. The molecule has 4 rings (SSSR count). The maximum Gasteiger partial charge on any atom is 0.269 e. The van der Waals surface area contributed by atoms with Crippen molar-refractivity contribution < 1.29 is 9.53 Å². The van der Waals surface area contributed by atoms with Crippen LogP contribution in [-0.4, -0.2) is 51.4 Å². The molecule has 1 amide bonds. The number of nitrogens with one attached hydrogen (secondary N) is 1. The Hall–Kier alpha value is -2.48. The van der Waals surface area contributed by atoms with Crippen LogP contribution in [0, 0.1) is 0 Å². The van der Waals surface area contributed by atoms with Crippen LogP contribution in [0.15, 0.2) is 12.3 Å². The summed E-state index contributed by atoms with van der Waals surface area (Å²) in [6.45, 7) is 7.16. The van der Waals surface area contributed by atoms with Crippen LogP contribution in [0.3, 0.4) is 0 Å². The third-order valence-electron chi connectivity index (χ3n) is 5.52. The second-order valence-corrected chi connectivity index (χ2v) is 7.91. The Bertz CT molecular complexity index is 854. The van der Waals surface area contributed by atoms with Gasteiger partial charge in [0.05, 0.1) is 24.6 Å². The lowest BCUT2D eigenvalue weighted by atomic mass is 10.0. The number of aryl methyl sites for hydroxylation is 1. The molecule has 0 aliphatic carbocycles. The van der Waals surface area contributed by atoms with Crippen LogP contribution in [0.5, 0.6) is 0 Å². The first-order valence-corrected chi connectivity index (χ1v) is 10.0. The van der Waals surface area contributed by atoms with Gasteiger partial charge in [0.15, 0.2) is 0 Å². The number of hydrogen-bond acceptors (Lipinski definition) is 6. The van der Waals surface area contributed by atoms with Crippen LogP contribution >= 0.6 is 0 Å². The second-order valence-electron chi connectivity index (χ2n) is 7.91. The SMILES string of the molecule is CC(C)c1cc(C(=O)NC2CCN(c3ncc4c(n3)CCOC4)CC2)n(C)n1. The fraction of sp³-hybridized carbons (Fsp3) is 0.600. The molecule has 28 heavy (non-hydrogen) atoms. The summed E-state index contributed by atoms with van der Waals surface area (Å²) in [4.78, 5) is 24.1. The number of anilines is 1. The van der Waals surface area contributed by atoms with Crippen molar-refractivity contribution in [2.24, 2.45) is 7.05 Å². The molecule has 8 heteroatoms. The summed E-state index contributed by atoms with van der Waals surface area (Å²) in [5, 5.41) is 7.60. The third-order valence-corrected chi connectivity index (χ3v) is 5.52. The molecule has 0 atom stereocenters. The molecule has 0 aromatic carbocycles. The van der Waals surface area contributed by atoms with Gasteiger partial charge in [-0.05, 0) is 24.8 Å². The molecule has 8 nitrogen and oxygen atoms in total. The van der Waals surface area contributed by atoms with Gasteiger partial charge in [0.1, 0.15) is 5.69 Å². The van der Waals surface area contributed by atoms with E-state index in [1.165, 1.54) is 0 Å². The molecular weight excluding hydrogens is 356 g/mol. The number of piperidine rings is 1. The van der Waals surface area contributed by atoms with Crippen LogP contribution in [0.4, 0.5) is 5.95 Å². The molecule has 0 spiro atoms. The van der Waals surface area contributed by atoms with Gasteiger partial charge in [0.2, 0.25) is 5.95 Å². The summed E-state index contributed by atoms with van der Waals surface area (Å²) in [5.41, 5.74) is 3.75. The van der Waals surface area contributed by atoms with Crippen molar-refractivity contribution in [1.82, 2.24) is 25.1 Å². The Balaban J connectivity index is 1.35. The van der Waals surface area contributed by atoms with Crippen molar-refractivity contribution in [3.63, 3.8) is 0 Å². The van der Waals surface area contributed by atoms with E-state index in [4.69, 9.17) is 9.72 Å². The van der Waals surface area contributed by atoms with E-state index in [1.807, 2.05) is 19.3 Å². The number of amides is 1. The summed E-state index contributed by atoms with van der Waals surface area (Å²) >= 11 is 0. The van der Waals surface area contributed by atoms with E-state index in [2.05, 4.69) is 34.1 Å². The fourth-order valence-electron chi connectivity index (χ4n) is 3.74. The molecule has 0 saturated carbocycles. The van der Waals surface area contributed by atoms with Crippen molar-refractivity contribution in [3.05, 3.63) is 34.9 Å². The highest BCUT2D eigenvalue weighted by molar-refractivity contribution is 5.92. The van der Waals surface area contributed by atoms with Crippen LogP contribution in [-0.2, 0) is 24.8 Å². The van der Waals surface area contributed by atoms with Gasteiger partial charge in [-0.2, -0.15) is 5.10 Å². The number of carbonyl (C=O) groups excluding carboxylic acids is 1. The summed E-state index contributed by atoms with van der Waals surface area (Å²) < 4.78 is 7.12. The second kappa shape index (κ2) is 7.87. The number of aromatic nitrogens is 4. The number of ether oxygens (including phenoxy) is 1. The van der Waals surface area contributed by atoms with Gasteiger partial charge in [-0.25, -0.2) is 9.97 Å². The number of rotatable bonds is 4. The molecular formula is C20H28N6O2. The molecule has 150 valence electrons. The molecule has 0 radical (unpaired) electrons. The molecule has 2 aliphatic heterocycles. The maximum atomic E-state index is 12.7. The van der Waals surface area contributed by atoms with Crippen molar-refractivity contribution >= 4 is 11.9 Å². The predicted molar refractivity (Wildman–Crippen MR) is 105 cm³/mol. The van der Waals surface area contributed by atoms with E-state index in [-0.39, 0.29) is 11.9 Å². The largest absolute Gasteiger partial charge is 0.376 e. The predicted octanol–water partition coefficient (Wildman–Crippen LogP) is 1.80. The highest BCUT2D eigenvalue weighted by Crippen LogP contribution is 2.21. The van der Waals surface area contributed by atoms with Crippen molar-refractivity contribution in [1.29, 1.82) is 0 Å². The molecule has 1 saturated heterocycles. The Labute approximate surface area is 165 Å². The van der Waals surface area contributed by atoms with E-state index < -0.39 is 0 Å². The summed E-state index contributed by atoms with van der Waals surface area (Å²) in [6, 6.07) is 2.05. The molecule has 0 unspecified atom stereocenters. The first-order chi connectivity index (χ1) is 13.5. The quantitative estimate of drug-likeness (QED) is 0.865. The monoisotopic (exact) mass is 384 g/mol. The van der Waals surface area contributed by atoms with Gasteiger partial charge in [0, 0.05) is 44.4 Å². The minimum Gasteiger partial charge on any atom is -0.376 e. The number of nitrogens with zero attached hydrogens (tertiary/aromatic N) is 5. The number of fused-ring (bicyclic) bond motifs is 1. The molecule has 4 heterocycles. The van der Waals surface area contributed by atoms with E-state index >= 15 is 0 Å². The molecule has 2 aliphatic rings. The minimum absolute atomic E-state index is 0.0506. The van der Waals surface area contributed by atoms with Crippen LogP contribution < -0.4 is 10.2 Å². The van der Waals surface area contributed by atoms with Gasteiger partial charge < -0.3 is 15.0 Å². The lowest BCUT2D eigenvalue weighted by Crippen LogP contribution is -2.45. The highest BCUT2D eigenvalue weighted by atomic mass is 16.5. The Morgan fingerprint density at radius 3 is 2.82 bits per heavy atom. The average molecular weight is 384 g/mol. The molecule has 1 N–H and O–H groups in total. The van der Waals surface area contributed by atoms with E-state index in [0.29, 0.717) is 18.2 Å². The molecule has 1 fully saturated rings. The Kier molecular flexibility index (Phi) is 5.30. The first-order valence-electron chi connectivity index (χ1n) is 10.0. The zero-order chi connectivity index (χ0) is 19.7. The lowest BCUT2D eigenvalue weighted by molar-refractivity contribution is 0.0921. The number of carbonyl (C=O) groups is 1. The standard InChI is InChI=1S/C20H28N6O2/c1-13(2)17-10-18(25(3)24-17)19(27)22-15-4-7-26(8-5-15)20-21-11-14-12-28-9-6-16(14)23-20/h10-11,13,15H,4-9,12H2,1-3H3,(H,22,27). The highest BCUT2D eigenvalue weighted by Gasteiger charge is 2.25. The first kappa shape index (κ1) is 18.9. The van der Waals surface area contributed by atoms with Crippen LogP contribution in [0.1, 0.15) is 60.0 Å². The van der Waals surface area contributed by atoms with Gasteiger partial charge in [0.25, 0.3) is 5.91 Å². The van der Waals surface area contributed by atoms with E-state index in [9.17, 15) is 4.79 Å². The Morgan fingerprint density at radius 2 is 2.11 bits per heavy atom. The van der Waals surface area contributed by atoms with Crippen molar-refractivity contribution in [3.8, 4) is 0 Å². The smallest absolute Gasteiger partial charge is 0.269 e. The zero-order valence-corrected chi connectivity index (χ0v) is 16.8. The Morgan fingerprint density at radius 1 is 1.32 bits per heavy atom. The summed E-state index contributed by atoms with van der Waals surface area (Å²) in [6.07, 6.45) is 4.49. The zero-order valence-electron chi connectivity index (χ0n) is 16.8. The van der Waals surface area contributed by atoms with Gasteiger partial charge in [-0.3, -0.25) is 9.48 Å².